The molecule has 3 aromatic rings. The number of amides is 1. The van der Waals surface area contributed by atoms with Gasteiger partial charge in [0.25, 0.3) is 5.91 Å². The first-order chi connectivity index (χ1) is 16.1. The maximum Gasteiger partial charge on any atom is 0.416 e. The quantitative estimate of drug-likeness (QED) is 0.330. The van der Waals surface area contributed by atoms with Crippen LogP contribution in [0.1, 0.15) is 45.6 Å². The highest BCUT2D eigenvalue weighted by atomic mass is 79.9. The SMILES string of the molecule is O=C(NC(c1ccc(Cl)cc1Cl)C1CC(c2ccc(Br)cc2)N=N1)c1cccc(C(F)(F)F)c1. The van der Waals surface area contributed by atoms with Gasteiger partial charge >= 0.3 is 6.18 Å². The fourth-order valence-electron chi connectivity index (χ4n) is 3.78. The number of rotatable bonds is 5. The molecule has 0 aromatic heterocycles. The third-order valence-corrected chi connectivity index (χ3v) is 6.59. The molecule has 4 nitrogen and oxygen atoms in total. The lowest BCUT2D eigenvalue weighted by Gasteiger charge is -2.24. The van der Waals surface area contributed by atoms with Crippen LogP contribution in [0.5, 0.6) is 0 Å². The molecule has 0 saturated heterocycles. The second-order valence-electron chi connectivity index (χ2n) is 7.80. The first-order valence-corrected chi connectivity index (χ1v) is 11.7. The molecule has 0 saturated carbocycles. The van der Waals surface area contributed by atoms with Crippen LogP contribution in [0.15, 0.2) is 81.4 Å². The maximum atomic E-state index is 13.1. The molecule has 3 aromatic carbocycles. The zero-order chi connectivity index (χ0) is 24.5. The molecule has 1 N–H and O–H groups in total. The number of nitrogens with one attached hydrogen (secondary N) is 1. The van der Waals surface area contributed by atoms with Crippen molar-refractivity contribution in [2.75, 3.05) is 0 Å². The lowest BCUT2D eigenvalue weighted by atomic mass is 9.93. The van der Waals surface area contributed by atoms with Crippen molar-refractivity contribution in [3.05, 3.63) is 104 Å². The van der Waals surface area contributed by atoms with E-state index in [1.807, 2.05) is 24.3 Å². The molecule has 1 amide bonds. The van der Waals surface area contributed by atoms with Crippen LogP contribution in [0.4, 0.5) is 13.2 Å². The number of alkyl halides is 3. The fourth-order valence-corrected chi connectivity index (χ4v) is 4.57. The van der Waals surface area contributed by atoms with Crippen molar-refractivity contribution in [2.45, 2.75) is 30.7 Å². The molecule has 0 spiro atoms. The molecule has 4 rings (SSSR count). The van der Waals surface area contributed by atoms with E-state index in [1.54, 1.807) is 18.2 Å². The van der Waals surface area contributed by atoms with E-state index < -0.39 is 29.7 Å². The van der Waals surface area contributed by atoms with Gasteiger partial charge in [0.05, 0.1) is 23.7 Å². The zero-order valence-corrected chi connectivity index (χ0v) is 20.5. The molecule has 3 unspecified atom stereocenters. The summed E-state index contributed by atoms with van der Waals surface area (Å²) in [6.07, 6.45) is -4.08. The number of hydrogen-bond acceptors (Lipinski definition) is 3. The summed E-state index contributed by atoms with van der Waals surface area (Å²) in [5, 5.41) is 12.3. The minimum Gasteiger partial charge on any atom is -0.343 e. The number of azo groups is 1. The molecular weight excluding hydrogens is 554 g/mol. The van der Waals surface area contributed by atoms with Crippen LogP contribution in [0, 0.1) is 0 Å². The first kappa shape index (κ1) is 24.7. The largest absolute Gasteiger partial charge is 0.416 e. The van der Waals surface area contributed by atoms with E-state index in [0.29, 0.717) is 22.0 Å². The summed E-state index contributed by atoms with van der Waals surface area (Å²) in [5.74, 6) is -0.676. The van der Waals surface area contributed by atoms with Crippen LogP contribution < -0.4 is 5.32 Å². The number of halogens is 6. The fraction of sp³-hybridized carbons (Fsp3) is 0.208. The molecule has 10 heteroatoms. The predicted octanol–water partition coefficient (Wildman–Crippen LogP) is 8.21. The summed E-state index contributed by atoms with van der Waals surface area (Å²) in [5.41, 5.74) is 0.479. The van der Waals surface area contributed by atoms with Crippen LogP contribution in [0.2, 0.25) is 10.0 Å². The van der Waals surface area contributed by atoms with Crippen LogP contribution in [-0.4, -0.2) is 11.9 Å². The molecule has 0 bridgehead atoms. The van der Waals surface area contributed by atoms with Crippen LogP contribution in [-0.2, 0) is 6.18 Å². The Bertz CT molecular complexity index is 1230. The van der Waals surface area contributed by atoms with Crippen molar-refractivity contribution < 1.29 is 18.0 Å². The van der Waals surface area contributed by atoms with Crippen LogP contribution in [0.25, 0.3) is 0 Å². The average Bonchev–Trinajstić information content (AvgIpc) is 3.28. The number of nitrogens with zero attached hydrogens (tertiary/aromatic N) is 2. The maximum absolute atomic E-state index is 13.1. The van der Waals surface area contributed by atoms with Gasteiger partial charge in [-0.2, -0.15) is 23.4 Å². The van der Waals surface area contributed by atoms with Crippen molar-refractivity contribution in [2.24, 2.45) is 10.2 Å². The highest BCUT2D eigenvalue weighted by molar-refractivity contribution is 9.10. The van der Waals surface area contributed by atoms with E-state index in [0.717, 1.165) is 22.2 Å². The minimum absolute atomic E-state index is 0.121. The van der Waals surface area contributed by atoms with Gasteiger partial charge in [-0.25, -0.2) is 0 Å². The van der Waals surface area contributed by atoms with Gasteiger partial charge in [0.1, 0.15) is 0 Å². The van der Waals surface area contributed by atoms with E-state index >= 15 is 0 Å². The Balaban J connectivity index is 1.63. The highest BCUT2D eigenvalue weighted by Crippen LogP contribution is 2.39. The first-order valence-electron chi connectivity index (χ1n) is 10.2. The molecule has 1 aliphatic heterocycles. The second-order valence-corrected chi connectivity index (χ2v) is 9.56. The van der Waals surface area contributed by atoms with Gasteiger partial charge in [0.2, 0.25) is 0 Å². The second kappa shape index (κ2) is 10.1. The summed E-state index contributed by atoms with van der Waals surface area (Å²) in [6, 6.07) is 15.3. The zero-order valence-electron chi connectivity index (χ0n) is 17.4. The van der Waals surface area contributed by atoms with Crippen molar-refractivity contribution >= 4 is 45.0 Å². The third-order valence-electron chi connectivity index (χ3n) is 5.49. The minimum atomic E-state index is -4.56. The molecular formula is C24H17BrCl2F3N3O. The molecule has 3 atom stereocenters. The summed E-state index contributed by atoms with van der Waals surface area (Å²) in [4.78, 5) is 13.0. The monoisotopic (exact) mass is 569 g/mol. The lowest BCUT2D eigenvalue weighted by molar-refractivity contribution is -0.137. The normalized spacial score (nSPS) is 18.6. The Labute approximate surface area is 212 Å². The van der Waals surface area contributed by atoms with Crippen molar-refractivity contribution in [3.63, 3.8) is 0 Å². The van der Waals surface area contributed by atoms with Gasteiger partial charge in [-0.1, -0.05) is 63.4 Å². The standard InChI is InChI=1S/C24H17BrCl2F3N3O/c25-16-6-4-13(5-7-16)20-12-21(33-32-20)22(18-9-8-17(26)11-19(18)27)31-23(34)14-2-1-3-15(10-14)24(28,29)30/h1-11,20-22H,12H2,(H,31,34). The number of hydrogen-bond donors (Lipinski definition) is 1. The lowest BCUT2D eigenvalue weighted by Crippen LogP contribution is -2.35. The van der Waals surface area contributed by atoms with Gasteiger partial charge in [-0.15, -0.1) is 0 Å². The Morgan fingerprint density at radius 1 is 1.03 bits per heavy atom. The van der Waals surface area contributed by atoms with Crippen LogP contribution >= 0.6 is 39.1 Å². The Morgan fingerprint density at radius 2 is 1.76 bits per heavy atom. The molecule has 0 radical (unpaired) electrons. The third kappa shape index (κ3) is 5.62. The van der Waals surface area contributed by atoms with E-state index in [-0.39, 0.29) is 11.6 Å². The average molecular weight is 571 g/mol. The number of carbonyl (C=O) groups is 1. The molecule has 1 heterocycles. The van der Waals surface area contributed by atoms with E-state index in [9.17, 15) is 18.0 Å². The van der Waals surface area contributed by atoms with E-state index in [2.05, 4.69) is 31.5 Å². The number of carbonyl (C=O) groups excluding carboxylic acids is 1. The Morgan fingerprint density at radius 3 is 2.44 bits per heavy atom. The smallest absolute Gasteiger partial charge is 0.343 e. The summed E-state index contributed by atoms with van der Waals surface area (Å²) in [7, 11) is 0. The summed E-state index contributed by atoms with van der Waals surface area (Å²) >= 11 is 15.9. The van der Waals surface area contributed by atoms with Gasteiger partial charge in [-0.3, -0.25) is 4.79 Å². The molecule has 1 aliphatic rings. The van der Waals surface area contributed by atoms with Crippen LogP contribution in [0.3, 0.4) is 0 Å². The molecule has 176 valence electrons. The van der Waals surface area contributed by atoms with Crippen molar-refractivity contribution in [1.82, 2.24) is 5.32 Å². The Hall–Kier alpha value is -2.42. The summed E-state index contributed by atoms with van der Waals surface area (Å²) in [6.45, 7) is 0. The van der Waals surface area contributed by atoms with Gasteiger partial charge in [-0.05, 0) is 53.6 Å². The van der Waals surface area contributed by atoms with Gasteiger partial charge < -0.3 is 5.32 Å². The van der Waals surface area contributed by atoms with Gasteiger partial charge in [0.15, 0.2) is 0 Å². The van der Waals surface area contributed by atoms with Crippen molar-refractivity contribution in [3.8, 4) is 0 Å². The van der Waals surface area contributed by atoms with E-state index in [4.69, 9.17) is 23.2 Å². The summed E-state index contributed by atoms with van der Waals surface area (Å²) < 4.78 is 40.3. The number of benzene rings is 3. The van der Waals surface area contributed by atoms with E-state index in [1.165, 1.54) is 12.1 Å². The molecule has 0 fully saturated rings. The Kier molecular flexibility index (Phi) is 7.31. The molecule has 0 aliphatic carbocycles. The van der Waals surface area contributed by atoms with Crippen molar-refractivity contribution in [1.29, 1.82) is 0 Å². The molecule has 34 heavy (non-hydrogen) atoms. The van der Waals surface area contributed by atoms with Gasteiger partial charge in [0, 0.05) is 26.5 Å². The predicted molar refractivity (Wildman–Crippen MR) is 128 cm³/mol. The highest BCUT2D eigenvalue weighted by Gasteiger charge is 2.35. The topological polar surface area (TPSA) is 53.8 Å².